The van der Waals surface area contributed by atoms with Gasteiger partial charge in [-0.1, -0.05) is 23.2 Å². The standard InChI is InChI=1S/C21H29Cl2NO/c1-3-25-20-17(7-18(22)8-19(20)23)12-24-13(2)21-9-14-4-15(10-21)6-16(5-14)11-21/h7-8,13-16,24H,3-6,9-12H2,1-2H3/t13-,14?,15?,16?,21?/m1/s1. The summed E-state index contributed by atoms with van der Waals surface area (Å²) in [6.07, 6.45) is 8.73. The van der Waals surface area contributed by atoms with Gasteiger partial charge in [-0.05, 0) is 87.7 Å². The predicted octanol–water partition coefficient (Wildman–Crippen LogP) is 6.09. The Balaban J connectivity index is 1.48. The second-order valence-electron chi connectivity index (χ2n) is 8.69. The van der Waals surface area contributed by atoms with E-state index in [0.29, 0.717) is 28.1 Å². The van der Waals surface area contributed by atoms with Gasteiger partial charge in [0, 0.05) is 23.2 Å². The van der Waals surface area contributed by atoms with E-state index in [4.69, 9.17) is 27.9 Å². The Morgan fingerprint density at radius 1 is 1.12 bits per heavy atom. The molecule has 0 saturated heterocycles. The minimum absolute atomic E-state index is 0.503. The molecule has 0 aromatic heterocycles. The first-order chi connectivity index (χ1) is 12.0. The third-order valence-corrected chi connectivity index (χ3v) is 7.48. The zero-order valence-corrected chi connectivity index (χ0v) is 16.8. The molecule has 4 aliphatic rings. The molecule has 5 rings (SSSR count). The van der Waals surface area contributed by atoms with Gasteiger partial charge in [-0.2, -0.15) is 0 Å². The van der Waals surface area contributed by atoms with Crippen LogP contribution in [0.1, 0.15) is 57.9 Å². The summed E-state index contributed by atoms with van der Waals surface area (Å²) in [7, 11) is 0. The molecule has 4 heteroatoms. The first kappa shape index (κ1) is 17.9. The summed E-state index contributed by atoms with van der Waals surface area (Å²) in [4.78, 5) is 0. The second kappa shape index (κ2) is 6.94. The van der Waals surface area contributed by atoms with Crippen LogP contribution in [0, 0.1) is 23.2 Å². The van der Waals surface area contributed by atoms with Crippen molar-refractivity contribution in [1.29, 1.82) is 0 Å². The lowest BCUT2D eigenvalue weighted by Gasteiger charge is -2.59. The summed E-state index contributed by atoms with van der Waals surface area (Å²) in [6, 6.07) is 4.27. The van der Waals surface area contributed by atoms with Crippen molar-refractivity contribution in [3.63, 3.8) is 0 Å². The van der Waals surface area contributed by atoms with Crippen LogP contribution in [0.5, 0.6) is 5.75 Å². The number of halogens is 2. The molecule has 0 heterocycles. The summed E-state index contributed by atoms with van der Waals surface area (Å²) in [5.41, 5.74) is 1.57. The van der Waals surface area contributed by atoms with Gasteiger partial charge in [-0.15, -0.1) is 0 Å². The highest BCUT2D eigenvalue weighted by atomic mass is 35.5. The van der Waals surface area contributed by atoms with E-state index in [2.05, 4.69) is 12.2 Å². The van der Waals surface area contributed by atoms with Crippen LogP contribution in [0.3, 0.4) is 0 Å². The minimum Gasteiger partial charge on any atom is -0.492 e. The van der Waals surface area contributed by atoms with Crippen molar-refractivity contribution in [3.8, 4) is 5.75 Å². The first-order valence-corrected chi connectivity index (χ1v) is 10.6. The molecule has 4 aliphatic carbocycles. The highest BCUT2D eigenvalue weighted by Crippen LogP contribution is 2.61. The van der Waals surface area contributed by atoms with E-state index in [-0.39, 0.29) is 0 Å². The smallest absolute Gasteiger partial charge is 0.142 e. The van der Waals surface area contributed by atoms with Crippen molar-refractivity contribution < 1.29 is 4.74 Å². The average molecular weight is 382 g/mol. The molecule has 4 bridgehead atoms. The lowest BCUT2D eigenvalue weighted by molar-refractivity contribution is -0.0706. The van der Waals surface area contributed by atoms with Crippen molar-refractivity contribution in [3.05, 3.63) is 27.7 Å². The van der Waals surface area contributed by atoms with E-state index in [1.165, 1.54) is 38.5 Å². The average Bonchev–Trinajstić information content (AvgIpc) is 2.54. The molecule has 1 aromatic carbocycles. The maximum Gasteiger partial charge on any atom is 0.142 e. The van der Waals surface area contributed by atoms with Crippen LogP contribution in [-0.2, 0) is 6.54 Å². The fraction of sp³-hybridized carbons (Fsp3) is 0.714. The van der Waals surface area contributed by atoms with Crippen molar-refractivity contribution in [2.75, 3.05) is 6.61 Å². The summed E-state index contributed by atoms with van der Waals surface area (Å²) in [5.74, 6) is 3.72. The Bertz CT molecular complexity index is 610. The first-order valence-electron chi connectivity index (χ1n) is 9.83. The van der Waals surface area contributed by atoms with Crippen LogP contribution in [-0.4, -0.2) is 12.6 Å². The maximum absolute atomic E-state index is 6.35. The molecule has 0 unspecified atom stereocenters. The monoisotopic (exact) mass is 381 g/mol. The van der Waals surface area contributed by atoms with Crippen LogP contribution in [0.25, 0.3) is 0 Å². The number of nitrogens with one attached hydrogen (secondary N) is 1. The van der Waals surface area contributed by atoms with E-state index < -0.39 is 0 Å². The highest BCUT2D eigenvalue weighted by molar-refractivity contribution is 6.35. The van der Waals surface area contributed by atoms with E-state index in [1.807, 2.05) is 13.0 Å². The largest absolute Gasteiger partial charge is 0.492 e. The summed E-state index contributed by atoms with van der Waals surface area (Å²) in [6.45, 7) is 5.75. The Morgan fingerprint density at radius 2 is 1.72 bits per heavy atom. The maximum atomic E-state index is 6.35. The van der Waals surface area contributed by atoms with Gasteiger partial charge in [0.1, 0.15) is 5.75 Å². The Morgan fingerprint density at radius 3 is 2.28 bits per heavy atom. The molecule has 4 fully saturated rings. The predicted molar refractivity (Wildman–Crippen MR) is 105 cm³/mol. The molecule has 0 aliphatic heterocycles. The van der Waals surface area contributed by atoms with Crippen LogP contribution < -0.4 is 10.1 Å². The zero-order valence-electron chi connectivity index (χ0n) is 15.3. The molecule has 1 aromatic rings. The molecule has 4 saturated carbocycles. The summed E-state index contributed by atoms with van der Waals surface area (Å²) in [5, 5.41) is 5.09. The lowest BCUT2D eigenvalue weighted by atomic mass is 9.48. The molecule has 0 radical (unpaired) electrons. The number of ether oxygens (including phenoxy) is 1. The second-order valence-corrected chi connectivity index (χ2v) is 9.54. The topological polar surface area (TPSA) is 21.3 Å². The molecular weight excluding hydrogens is 353 g/mol. The fourth-order valence-electron chi connectivity index (χ4n) is 6.24. The molecule has 25 heavy (non-hydrogen) atoms. The van der Waals surface area contributed by atoms with Gasteiger partial charge in [0.05, 0.1) is 11.6 Å². The van der Waals surface area contributed by atoms with Crippen LogP contribution in [0.2, 0.25) is 10.0 Å². The van der Waals surface area contributed by atoms with Gasteiger partial charge in [-0.25, -0.2) is 0 Å². The van der Waals surface area contributed by atoms with Crippen molar-refractivity contribution in [2.24, 2.45) is 23.2 Å². The number of hydrogen-bond donors (Lipinski definition) is 1. The summed E-state index contributed by atoms with van der Waals surface area (Å²) < 4.78 is 5.77. The van der Waals surface area contributed by atoms with Gasteiger partial charge in [-0.3, -0.25) is 0 Å². The third kappa shape index (κ3) is 3.42. The number of benzene rings is 1. The fourth-order valence-corrected chi connectivity index (χ4v) is 6.83. The van der Waals surface area contributed by atoms with Crippen LogP contribution in [0.15, 0.2) is 12.1 Å². The van der Waals surface area contributed by atoms with Crippen molar-refractivity contribution >= 4 is 23.2 Å². The molecule has 0 amide bonds. The van der Waals surface area contributed by atoms with Crippen molar-refractivity contribution in [2.45, 2.75) is 65.0 Å². The summed E-state index contributed by atoms with van der Waals surface area (Å²) >= 11 is 12.6. The number of hydrogen-bond acceptors (Lipinski definition) is 2. The van der Waals surface area contributed by atoms with E-state index in [0.717, 1.165) is 35.6 Å². The molecule has 1 N–H and O–H groups in total. The normalized spacial score (nSPS) is 34.3. The zero-order chi connectivity index (χ0) is 17.6. The molecule has 2 nitrogen and oxygen atoms in total. The number of rotatable bonds is 6. The Hall–Kier alpha value is -0.440. The van der Waals surface area contributed by atoms with Gasteiger partial charge < -0.3 is 10.1 Å². The SMILES string of the molecule is CCOc1c(Cl)cc(Cl)cc1CN[C@H](C)C12CC3CC(CC(C3)C1)C2. The minimum atomic E-state index is 0.503. The van der Waals surface area contributed by atoms with Crippen LogP contribution >= 0.6 is 23.2 Å². The highest BCUT2D eigenvalue weighted by Gasteiger charge is 2.52. The quantitative estimate of drug-likeness (QED) is 0.643. The van der Waals surface area contributed by atoms with Crippen LogP contribution in [0.4, 0.5) is 0 Å². The third-order valence-electron chi connectivity index (χ3n) is 6.98. The van der Waals surface area contributed by atoms with Gasteiger partial charge >= 0.3 is 0 Å². The van der Waals surface area contributed by atoms with Gasteiger partial charge in [0.25, 0.3) is 0 Å². The van der Waals surface area contributed by atoms with E-state index in [1.54, 1.807) is 6.07 Å². The Kier molecular flexibility index (Phi) is 4.98. The van der Waals surface area contributed by atoms with E-state index in [9.17, 15) is 0 Å². The lowest BCUT2D eigenvalue weighted by Crippen LogP contribution is -2.54. The van der Waals surface area contributed by atoms with Gasteiger partial charge in [0.2, 0.25) is 0 Å². The molecule has 0 spiro atoms. The molecule has 1 atom stereocenters. The van der Waals surface area contributed by atoms with Gasteiger partial charge in [0.15, 0.2) is 0 Å². The van der Waals surface area contributed by atoms with Crippen molar-refractivity contribution in [1.82, 2.24) is 5.32 Å². The Labute approximate surface area is 161 Å². The molecule has 138 valence electrons. The van der Waals surface area contributed by atoms with E-state index >= 15 is 0 Å². The molecular formula is C21H29Cl2NO.